The van der Waals surface area contributed by atoms with E-state index in [1.165, 1.54) is 11.5 Å². The number of aromatic nitrogens is 2. The fraction of sp³-hybridized carbons (Fsp3) is 0.867. The largest absolute Gasteiger partial charge is 0.339 e. The highest BCUT2D eigenvalue weighted by Crippen LogP contribution is 2.42. The molecular formula is C15H27N3OS2. The third kappa shape index (κ3) is 5.18. The lowest BCUT2D eigenvalue weighted by Gasteiger charge is -2.27. The minimum atomic E-state index is 0.0775. The van der Waals surface area contributed by atoms with Gasteiger partial charge in [-0.05, 0) is 18.3 Å². The lowest BCUT2D eigenvalue weighted by Crippen LogP contribution is -2.28. The molecule has 4 nitrogen and oxygen atoms in total. The van der Waals surface area contributed by atoms with Crippen molar-refractivity contribution in [1.29, 1.82) is 0 Å². The summed E-state index contributed by atoms with van der Waals surface area (Å²) in [6, 6.07) is 0.0775. The molecule has 0 saturated carbocycles. The van der Waals surface area contributed by atoms with Gasteiger partial charge in [0.05, 0.1) is 5.25 Å². The Morgan fingerprint density at radius 1 is 1.33 bits per heavy atom. The van der Waals surface area contributed by atoms with Crippen molar-refractivity contribution in [3.8, 4) is 0 Å². The van der Waals surface area contributed by atoms with E-state index in [1.807, 2.05) is 23.5 Å². The molecule has 1 aromatic rings. The molecule has 120 valence electrons. The Labute approximate surface area is 136 Å². The predicted octanol–water partition coefficient (Wildman–Crippen LogP) is 3.68. The number of hydrogen-bond donors (Lipinski definition) is 1. The van der Waals surface area contributed by atoms with Crippen molar-refractivity contribution in [3.63, 3.8) is 0 Å². The normalized spacial score (nSPS) is 25.0. The smallest absolute Gasteiger partial charge is 0.228 e. The number of thioether (sulfide) groups is 2. The molecule has 0 bridgehead atoms. The van der Waals surface area contributed by atoms with Gasteiger partial charge in [0, 0.05) is 29.2 Å². The van der Waals surface area contributed by atoms with Crippen LogP contribution in [0.4, 0.5) is 0 Å². The van der Waals surface area contributed by atoms with E-state index in [4.69, 9.17) is 10.3 Å². The Morgan fingerprint density at radius 3 is 2.71 bits per heavy atom. The van der Waals surface area contributed by atoms with Crippen LogP contribution in [0.5, 0.6) is 0 Å². The standard InChI is InChI=1S/C15H27N3OS2/c1-5-11-13(21-7-6-20-11)14-17-12(19-18-14)8-10(16)9-15(2,3)4/h10-11,13H,5-9,16H2,1-4H3. The minimum absolute atomic E-state index is 0.0775. The van der Waals surface area contributed by atoms with Gasteiger partial charge in [0.1, 0.15) is 0 Å². The van der Waals surface area contributed by atoms with E-state index in [2.05, 4.69) is 37.8 Å². The quantitative estimate of drug-likeness (QED) is 0.889. The minimum Gasteiger partial charge on any atom is -0.339 e. The molecular weight excluding hydrogens is 302 g/mol. The van der Waals surface area contributed by atoms with Crippen LogP contribution >= 0.6 is 23.5 Å². The van der Waals surface area contributed by atoms with Crippen LogP contribution in [0.25, 0.3) is 0 Å². The molecule has 0 aromatic carbocycles. The maximum Gasteiger partial charge on any atom is 0.228 e. The Kier molecular flexibility index (Phi) is 6.03. The Balaban J connectivity index is 1.97. The van der Waals surface area contributed by atoms with Gasteiger partial charge in [-0.25, -0.2) is 0 Å². The molecule has 6 heteroatoms. The summed E-state index contributed by atoms with van der Waals surface area (Å²) in [4.78, 5) is 4.61. The third-order valence-corrected chi connectivity index (χ3v) is 6.74. The monoisotopic (exact) mass is 329 g/mol. The van der Waals surface area contributed by atoms with Gasteiger partial charge in [-0.15, -0.1) is 11.8 Å². The van der Waals surface area contributed by atoms with E-state index in [0.29, 0.717) is 22.8 Å². The first-order valence-electron chi connectivity index (χ1n) is 7.70. The number of hydrogen-bond acceptors (Lipinski definition) is 6. The molecule has 2 heterocycles. The fourth-order valence-electron chi connectivity index (χ4n) is 2.69. The Hall–Kier alpha value is -0.200. The molecule has 2 N–H and O–H groups in total. The van der Waals surface area contributed by atoms with Crippen LogP contribution < -0.4 is 5.73 Å². The fourth-order valence-corrected chi connectivity index (χ4v) is 5.67. The molecule has 1 saturated heterocycles. The second-order valence-electron chi connectivity index (χ2n) is 6.88. The van der Waals surface area contributed by atoms with Crippen molar-refractivity contribution in [2.75, 3.05) is 11.5 Å². The average molecular weight is 330 g/mol. The molecule has 1 aliphatic rings. The predicted molar refractivity (Wildman–Crippen MR) is 91.8 cm³/mol. The van der Waals surface area contributed by atoms with Crippen LogP contribution in [0, 0.1) is 5.41 Å². The number of nitrogens with zero attached hydrogens (tertiary/aromatic N) is 2. The summed E-state index contributed by atoms with van der Waals surface area (Å²) in [5, 5.41) is 5.17. The summed E-state index contributed by atoms with van der Waals surface area (Å²) in [5.74, 6) is 3.94. The summed E-state index contributed by atoms with van der Waals surface area (Å²) in [6.07, 6.45) is 2.78. The van der Waals surface area contributed by atoms with E-state index in [-0.39, 0.29) is 11.5 Å². The molecule has 1 fully saturated rings. The van der Waals surface area contributed by atoms with E-state index < -0.39 is 0 Å². The van der Waals surface area contributed by atoms with Gasteiger partial charge >= 0.3 is 0 Å². The van der Waals surface area contributed by atoms with Crippen molar-refractivity contribution >= 4 is 23.5 Å². The summed E-state index contributed by atoms with van der Waals surface area (Å²) in [5.41, 5.74) is 6.42. The highest BCUT2D eigenvalue weighted by molar-refractivity contribution is 8.06. The first-order valence-corrected chi connectivity index (χ1v) is 9.80. The lowest BCUT2D eigenvalue weighted by molar-refractivity contribution is 0.312. The highest BCUT2D eigenvalue weighted by atomic mass is 32.2. The summed E-state index contributed by atoms with van der Waals surface area (Å²) < 4.78 is 5.43. The molecule has 1 aromatic heterocycles. The first kappa shape index (κ1) is 17.2. The SMILES string of the molecule is CCC1SCCSC1c1noc(CC(N)CC(C)(C)C)n1. The van der Waals surface area contributed by atoms with Crippen LogP contribution in [-0.4, -0.2) is 32.9 Å². The molecule has 21 heavy (non-hydrogen) atoms. The van der Waals surface area contributed by atoms with Crippen molar-refractivity contribution in [2.45, 2.75) is 63.5 Å². The van der Waals surface area contributed by atoms with Crippen LogP contribution in [-0.2, 0) is 6.42 Å². The van der Waals surface area contributed by atoms with Gasteiger partial charge in [-0.2, -0.15) is 16.7 Å². The topological polar surface area (TPSA) is 64.9 Å². The second kappa shape index (κ2) is 7.38. The van der Waals surface area contributed by atoms with Crippen LogP contribution in [0.1, 0.15) is 57.5 Å². The van der Waals surface area contributed by atoms with Crippen LogP contribution in [0.3, 0.4) is 0 Å². The molecule has 0 radical (unpaired) electrons. The van der Waals surface area contributed by atoms with E-state index in [0.717, 1.165) is 18.7 Å². The summed E-state index contributed by atoms with van der Waals surface area (Å²) in [7, 11) is 0. The summed E-state index contributed by atoms with van der Waals surface area (Å²) in [6.45, 7) is 8.84. The van der Waals surface area contributed by atoms with Gasteiger partial charge in [0.15, 0.2) is 5.82 Å². The molecule has 0 amide bonds. The molecule has 3 atom stereocenters. The molecule has 2 rings (SSSR count). The van der Waals surface area contributed by atoms with Crippen LogP contribution in [0.15, 0.2) is 4.52 Å². The second-order valence-corrected chi connectivity index (χ2v) is 9.48. The molecule has 3 unspecified atom stereocenters. The van der Waals surface area contributed by atoms with Crippen LogP contribution in [0.2, 0.25) is 0 Å². The zero-order valence-corrected chi connectivity index (χ0v) is 15.1. The van der Waals surface area contributed by atoms with Gasteiger partial charge in [0.2, 0.25) is 5.89 Å². The van der Waals surface area contributed by atoms with Crippen molar-refractivity contribution in [3.05, 3.63) is 11.7 Å². The number of nitrogens with two attached hydrogens (primary N) is 1. The molecule has 0 aliphatic carbocycles. The van der Waals surface area contributed by atoms with E-state index >= 15 is 0 Å². The van der Waals surface area contributed by atoms with E-state index in [1.54, 1.807) is 0 Å². The van der Waals surface area contributed by atoms with Gasteiger partial charge in [0.25, 0.3) is 0 Å². The van der Waals surface area contributed by atoms with Crippen molar-refractivity contribution < 1.29 is 4.52 Å². The first-order chi connectivity index (χ1) is 9.89. The molecule has 0 spiro atoms. The third-order valence-electron chi connectivity index (χ3n) is 3.50. The Bertz CT molecular complexity index is 444. The van der Waals surface area contributed by atoms with Crippen molar-refractivity contribution in [1.82, 2.24) is 10.1 Å². The lowest BCUT2D eigenvalue weighted by atomic mass is 9.87. The molecule has 1 aliphatic heterocycles. The zero-order valence-electron chi connectivity index (χ0n) is 13.5. The Morgan fingerprint density at radius 2 is 2.05 bits per heavy atom. The zero-order chi connectivity index (χ0) is 15.5. The van der Waals surface area contributed by atoms with Gasteiger partial charge in [-0.1, -0.05) is 32.9 Å². The number of rotatable bonds is 5. The maximum absolute atomic E-state index is 6.20. The highest BCUT2D eigenvalue weighted by Gasteiger charge is 2.30. The average Bonchev–Trinajstić information content (AvgIpc) is 2.84. The van der Waals surface area contributed by atoms with E-state index in [9.17, 15) is 0 Å². The summed E-state index contributed by atoms with van der Waals surface area (Å²) >= 11 is 3.98. The van der Waals surface area contributed by atoms with Gasteiger partial charge < -0.3 is 10.3 Å². The van der Waals surface area contributed by atoms with Crippen molar-refractivity contribution in [2.24, 2.45) is 11.1 Å². The van der Waals surface area contributed by atoms with Gasteiger partial charge in [-0.3, -0.25) is 0 Å². The maximum atomic E-state index is 6.20.